The van der Waals surface area contributed by atoms with Gasteiger partial charge in [0.1, 0.15) is 12.6 Å². The van der Waals surface area contributed by atoms with Crippen molar-refractivity contribution in [1.29, 1.82) is 0 Å². The highest BCUT2D eigenvalue weighted by Gasteiger charge is 2.32. The summed E-state index contributed by atoms with van der Waals surface area (Å²) < 4.78 is 27.4. The Morgan fingerprint density at radius 3 is 2.33 bits per heavy atom. The Hall–Kier alpha value is -2.39. The molecule has 3 rings (SSSR count). The number of rotatable bonds is 10. The summed E-state index contributed by atoms with van der Waals surface area (Å²) in [6.45, 7) is 3.57. The Balaban J connectivity index is 1.90. The molecular formula is C27H36BrN3O4S. The van der Waals surface area contributed by atoms with Crippen molar-refractivity contribution in [3.8, 4) is 0 Å². The van der Waals surface area contributed by atoms with Crippen LogP contribution >= 0.6 is 15.9 Å². The van der Waals surface area contributed by atoms with Gasteiger partial charge < -0.3 is 10.2 Å². The molecule has 1 aliphatic rings. The average molecular weight is 579 g/mol. The summed E-state index contributed by atoms with van der Waals surface area (Å²) in [6.07, 6.45) is 6.76. The van der Waals surface area contributed by atoms with Crippen LogP contribution < -0.4 is 9.62 Å². The van der Waals surface area contributed by atoms with Crippen LogP contribution in [-0.4, -0.2) is 50.0 Å². The van der Waals surface area contributed by atoms with Gasteiger partial charge in [-0.1, -0.05) is 72.4 Å². The monoisotopic (exact) mass is 577 g/mol. The van der Waals surface area contributed by atoms with Crippen LogP contribution in [0.15, 0.2) is 53.0 Å². The third-order valence-corrected chi connectivity index (χ3v) is 8.67. The minimum absolute atomic E-state index is 0.118. The number of hydrogen-bond acceptors (Lipinski definition) is 4. The molecule has 1 fully saturated rings. The van der Waals surface area contributed by atoms with Crippen LogP contribution in [0.3, 0.4) is 0 Å². The van der Waals surface area contributed by atoms with E-state index in [4.69, 9.17) is 0 Å². The molecule has 0 bridgehead atoms. The summed E-state index contributed by atoms with van der Waals surface area (Å²) in [5.41, 5.74) is 2.14. The number of nitrogens with zero attached hydrogens (tertiary/aromatic N) is 2. The molecule has 196 valence electrons. The van der Waals surface area contributed by atoms with E-state index in [0.717, 1.165) is 51.8 Å². The zero-order valence-corrected chi connectivity index (χ0v) is 23.6. The molecule has 0 aromatic heterocycles. The van der Waals surface area contributed by atoms with Gasteiger partial charge in [-0.25, -0.2) is 8.42 Å². The van der Waals surface area contributed by atoms with Gasteiger partial charge in [-0.15, -0.1) is 0 Å². The Morgan fingerprint density at radius 1 is 1.08 bits per heavy atom. The lowest BCUT2D eigenvalue weighted by Gasteiger charge is -2.34. The summed E-state index contributed by atoms with van der Waals surface area (Å²) in [5.74, 6) is -0.602. The number of halogens is 1. The topological polar surface area (TPSA) is 86.8 Å². The van der Waals surface area contributed by atoms with Gasteiger partial charge in [0.05, 0.1) is 11.9 Å². The molecule has 9 heteroatoms. The van der Waals surface area contributed by atoms with Crippen LogP contribution in [0.4, 0.5) is 5.69 Å². The fraction of sp³-hybridized carbons (Fsp3) is 0.481. The minimum Gasteiger partial charge on any atom is -0.352 e. The summed E-state index contributed by atoms with van der Waals surface area (Å²) >= 11 is 3.44. The molecule has 2 aromatic rings. The van der Waals surface area contributed by atoms with E-state index in [2.05, 4.69) is 21.2 Å². The number of carbonyl (C=O) groups is 2. The first-order valence-electron chi connectivity index (χ1n) is 12.5. The van der Waals surface area contributed by atoms with Crippen molar-refractivity contribution in [3.05, 3.63) is 64.1 Å². The highest BCUT2D eigenvalue weighted by molar-refractivity contribution is 9.10. The standard InChI is InChI=1S/C27H36BrN3O4S/c1-4-25(27(33)29-22-13-9-6-10-14-22)30(18-21-11-7-5-8-12-21)26(32)19-31(36(3,34)35)23-15-16-24(28)20(2)17-23/h5,7-8,11-12,15-17,22,25H,4,6,9-10,13-14,18-19H2,1-3H3,(H,29,33)/t25-/m0/s1. The molecule has 1 aliphatic carbocycles. The number of aryl methyl sites for hydroxylation is 1. The van der Waals surface area contributed by atoms with Gasteiger partial charge in [-0.3, -0.25) is 13.9 Å². The summed E-state index contributed by atoms with van der Waals surface area (Å²) in [6, 6.07) is 14.0. The molecule has 0 spiro atoms. The van der Waals surface area contributed by atoms with E-state index in [1.807, 2.05) is 44.2 Å². The number of carbonyl (C=O) groups excluding carboxylic acids is 2. The van der Waals surface area contributed by atoms with E-state index in [0.29, 0.717) is 12.1 Å². The number of anilines is 1. The highest BCUT2D eigenvalue weighted by Crippen LogP contribution is 2.25. The van der Waals surface area contributed by atoms with Gasteiger partial charge in [0.2, 0.25) is 21.8 Å². The first kappa shape index (κ1) is 28.2. The fourth-order valence-electron chi connectivity index (χ4n) is 4.64. The Kier molecular flexibility index (Phi) is 9.96. The van der Waals surface area contributed by atoms with Gasteiger partial charge in [0.15, 0.2) is 0 Å². The quantitative estimate of drug-likeness (QED) is 0.440. The van der Waals surface area contributed by atoms with Crippen molar-refractivity contribution in [3.63, 3.8) is 0 Å². The maximum Gasteiger partial charge on any atom is 0.244 e. The predicted octanol–water partition coefficient (Wildman–Crippen LogP) is 4.78. The first-order valence-corrected chi connectivity index (χ1v) is 15.1. The SMILES string of the molecule is CC[C@@H](C(=O)NC1CCCCC1)N(Cc1ccccc1)C(=O)CN(c1ccc(Br)c(C)c1)S(C)(=O)=O. The molecule has 1 N–H and O–H groups in total. The third kappa shape index (κ3) is 7.56. The van der Waals surface area contributed by atoms with Gasteiger partial charge in [-0.2, -0.15) is 0 Å². The molecular weight excluding hydrogens is 542 g/mol. The van der Waals surface area contributed by atoms with E-state index < -0.39 is 22.0 Å². The number of nitrogens with one attached hydrogen (secondary N) is 1. The number of benzene rings is 2. The van der Waals surface area contributed by atoms with E-state index >= 15 is 0 Å². The van der Waals surface area contributed by atoms with Crippen molar-refractivity contribution >= 4 is 43.5 Å². The van der Waals surface area contributed by atoms with Gasteiger partial charge >= 0.3 is 0 Å². The second kappa shape index (κ2) is 12.7. The number of hydrogen-bond donors (Lipinski definition) is 1. The summed E-state index contributed by atoms with van der Waals surface area (Å²) in [5, 5.41) is 3.15. The summed E-state index contributed by atoms with van der Waals surface area (Å²) in [4.78, 5) is 28.7. The van der Waals surface area contributed by atoms with E-state index in [9.17, 15) is 18.0 Å². The molecule has 7 nitrogen and oxygen atoms in total. The van der Waals surface area contributed by atoms with Gasteiger partial charge in [0, 0.05) is 17.1 Å². The molecule has 0 unspecified atom stereocenters. The highest BCUT2D eigenvalue weighted by atomic mass is 79.9. The lowest BCUT2D eigenvalue weighted by Crippen LogP contribution is -2.53. The minimum atomic E-state index is -3.75. The van der Waals surface area contributed by atoms with E-state index in [-0.39, 0.29) is 25.0 Å². The first-order chi connectivity index (χ1) is 17.1. The molecule has 0 heterocycles. The second-order valence-corrected chi connectivity index (χ2v) is 12.2. The number of sulfonamides is 1. The van der Waals surface area contributed by atoms with Crippen LogP contribution in [-0.2, 0) is 26.2 Å². The Labute approximate surface area is 223 Å². The second-order valence-electron chi connectivity index (χ2n) is 9.48. The van der Waals surface area contributed by atoms with E-state index in [1.54, 1.807) is 18.2 Å². The lowest BCUT2D eigenvalue weighted by molar-refractivity contribution is -0.140. The van der Waals surface area contributed by atoms with Crippen molar-refractivity contribution in [1.82, 2.24) is 10.2 Å². The average Bonchev–Trinajstić information content (AvgIpc) is 2.84. The molecule has 36 heavy (non-hydrogen) atoms. The normalized spacial score (nSPS) is 15.2. The maximum atomic E-state index is 13.8. The van der Waals surface area contributed by atoms with Gasteiger partial charge in [-0.05, 0) is 55.5 Å². The van der Waals surface area contributed by atoms with Crippen LogP contribution in [0, 0.1) is 6.92 Å². The summed E-state index contributed by atoms with van der Waals surface area (Å²) in [7, 11) is -3.75. The smallest absolute Gasteiger partial charge is 0.244 e. The zero-order valence-electron chi connectivity index (χ0n) is 21.2. The van der Waals surface area contributed by atoms with Crippen molar-refractivity contribution in [2.75, 3.05) is 17.1 Å². The lowest BCUT2D eigenvalue weighted by atomic mass is 9.95. The van der Waals surface area contributed by atoms with E-state index in [1.165, 1.54) is 11.3 Å². The Morgan fingerprint density at radius 2 is 1.75 bits per heavy atom. The molecule has 0 aliphatic heterocycles. The Bertz CT molecular complexity index is 1150. The van der Waals surface area contributed by atoms with Crippen molar-refractivity contribution < 1.29 is 18.0 Å². The van der Waals surface area contributed by atoms with Crippen molar-refractivity contribution in [2.24, 2.45) is 0 Å². The van der Waals surface area contributed by atoms with Crippen LogP contribution in [0.5, 0.6) is 0 Å². The van der Waals surface area contributed by atoms with Gasteiger partial charge in [0.25, 0.3) is 0 Å². The van der Waals surface area contributed by atoms with Crippen LogP contribution in [0.1, 0.15) is 56.6 Å². The maximum absolute atomic E-state index is 13.8. The fourth-order valence-corrected chi connectivity index (χ4v) is 5.73. The predicted molar refractivity (Wildman–Crippen MR) is 147 cm³/mol. The van der Waals surface area contributed by atoms with Crippen molar-refractivity contribution in [2.45, 2.75) is 71.0 Å². The third-order valence-electron chi connectivity index (χ3n) is 6.64. The molecule has 1 atom stereocenters. The molecule has 2 aromatic carbocycles. The molecule has 1 saturated carbocycles. The zero-order chi connectivity index (χ0) is 26.3. The largest absolute Gasteiger partial charge is 0.352 e. The molecule has 0 radical (unpaired) electrons. The molecule has 2 amide bonds. The van der Waals surface area contributed by atoms with Crippen LogP contribution in [0.25, 0.3) is 0 Å². The molecule has 0 saturated heterocycles. The number of amides is 2. The van der Waals surface area contributed by atoms with Crippen LogP contribution in [0.2, 0.25) is 0 Å².